The molecule has 12 heavy (non-hydrogen) atoms. The SMILES string of the molecule is Cc1cc(N(C)C)nc(CN)n1. The van der Waals surface area contributed by atoms with E-state index in [4.69, 9.17) is 5.73 Å². The topological polar surface area (TPSA) is 55.0 Å². The van der Waals surface area contributed by atoms with Gasteiger partial charge in [0.05, 0.1) is 6.54 Å². The summed E-state index contributed by atoms with van der Waals surface area (Å²) in [6, 6.07) is 1.93. The third-order valence-electron chi connectivity index (χ3n) is 1.53. The maximum absolute atomic E-state index is 5.44. The van der Waals surface area contributed by atoms with Crippen molar-refractivity contribution in [2.75, 3.05) is 19.0 Å². The third-order valence-corrected chi connectivity index (χ3v) is 1.53. The zero-order valence-corrected chi connectivity index (χ0v) is 7.70. The third kappa shape index (κ3) is 1.92. The van der Waals surface area contributed by atoms with Crippen LogP contribution in [0.5, 0.6) is 0 Å². The van der Waals surface area contributed by atoms with Crippen LogP contribution in [0.15, 0.2) is 6.07 Å². The quantitative estimate of drug-likeness (QED) is 0.687. The van der Waals surface area contributed by atoms with Gasteiger partial charge in [-0.05, 0) is 6.92 Å². The Balaban J connectivity index is 3.06. The summed E-state index contributed by atoms with van der Waals surface area (Å²) in [7, 11) is 3.89. The lowest BCUT2D eigenvalue weighted by molar-refractivity contribution is 0.876. The molecule has 0 fully saturated rings. The van der Waals surface area contributed by atoms with Crippen molar-refractivity contribution in [1.82, 2.24) is 9.97 Å². The standard InChI is InChI=1S/C8H14N4/c1-6-4-8(12(2)3)11-7(5-9)10-6/h4H,5,9H2,1-3H3. The first-order valence-electron chi connectivity index (χ1n) is 3.85. The summed E-state index contributed by atoms with van der Waals surface area (Å²) < 4.78 is 0. The summed E-state index contributed by atoms with van der Waals surface area (Å²) in [5.41, 5.74) is 6.40. The van der Waals surface area contributed by atoms with Crippen molar-refractivity contribution in [1.29, 1.82) is 0 Å². The van der Waals surface area contributed by atoms with Gasteiger partial charge in [-0.15, -0.1) is 0 Å². The lowest BCUT2D eigenvalue weighted by atomic mass is 10.4. The van der Waals surface area contributed by atoms with Gasteiger partial charge in [0.2, 0.25) is 0 Å². The van der Waals surface area contributed by atoms with Crippen LogP contribution >= 0.6 is 0 Å². The van der Waals surface area contributed by atoms with Crippen LogP contribution in [0.25, 0.3) is 0 Å². The fraction of sp³-hybridized carbons (Fsp3) is 0.500. The number of aryl methyl sites for hydroxylation is 1. The molecule has 0 aliphatic heterocycles. The first-order chi connectivity index (χ1) is 5.63. The van der Waals surface area contributed by atoms with E-state index in [0.29, 0.717) is 12.4 Å². The second-order valence-corrected chi connectivity index (χ2v) is 2.88. The molecule has 0 aliphatic carbocycles. The van der Waals surface area contributed by atoms with Crippen LogP contribution in [0.4, 0.5) is 5.82 Å². The average Bonchev–Trinajstić information content (AvgIpc) is 2.03. The summed E-state index contributed by atoms with van der Waals surface area (Å²) in [5.74, 6) is 1.60. The predicted molar refractivity (Wildman–Crippen MR) is 49.0 cm³/mol. The highest BCUT2D eigenvalue weighted by Gasteiger charge is 2.01. The maximum atomic E-state index is 5.44. The van der Waals surface area contributed by atoms with E-state index in [9.17, 15) is 0 Å². The van der Waals surface area contributed by atoms with Crippen molar-refractivity contribution in [3.05, 3.63) is 17.6 Å². The van der Waals surface area contributed by atoms with Gasteiger partial charge in [0.1, 0.15) is 11.6 Å². The predicted octanol–water partition coefficient (Wildman–Crippen LogP) is 0.310. The Labute approximate surface area is 72.4 Å². The Bertz CT molecular complexity index is 270. The molecule has 1 aromatic rings. The molecule has 0 aliphatic rings. The van der Waals surface area contributed by atoms with Gasteiger partial charge in [-0.3, -0.25) is 0 Å². The number of rotatable bonds is 2. The summed E-state index contributed by atoms with van der Waals surface area (Å²) in [6.07, 6.45) is 0. The zero-order chi connectivity index (χ0) is 9.14. The number of hydrogen-bond acceptors (Lipinski definition) is 4. The smallest absolute Gasteiger partial charge is 0.144 e. The minimum absolute atomic E-state index is 0.391. The van der Waals surface area contributed by atoms with Gasteiger partial charge >= 0.3 is 0 Å². The maximum Gasteiger partial charge on any atom is 0.144 e. The molecule has 0 spiro atoms. The molecule has 1 heterocycles. The monoisotopic (exact) mass is 166 g/mol. The van der Waals surface area contributed by atoms with Crippen molar-refractivity contribution in [3.63, 3.8) is 0 Å². The van der Waals surface area contributed by atoms with Gasteiger partial charge in [0, 0.05) is 25.9 Å². The van der Waals surface area contributed by atoms with Crippen molar-refractivity contribution >= 4 is 5.82 Å². The number of anilines is 1. The molecule has 0 bridgehead atoms. The average molecular weight is 166 g/mol. The number of aromatic nitrogens is 2. The molecule has 4 heteroatoms. The minimum atomic E-state index is 0.391. The van der Waals surface area contributed by atoms with E-state index in [1.165, 1.54) is 0 Å². The van der Waals surface area contributed by atoms with Gasteiger partial charge in [0.25, 0.3) is 0 Å². The van der Waals surface area contributed by atoms with Crippen molar-refractivity contribution < 1.29 is 0 Å². The Hall–Kier alpha value is -1.16. The van der Waals surface area contributed by atoms with Crippen molar-refractivity contribution in [3.8, 4) is 0 Å². The molecule has 1 aromatic heterocycles. The Kier molecular flexibility index (Phi) is 2.60. The number of nitrogens with two attached hydrogens (primary N) is 1. The highest BCUT2D eigenvalue weighted by Crippen LogP contribution is 2.08. The minimum Gasteiger partial charge on any atom is -0.363 e. The Morgan fingerprint density at radius 2 is 2.08 bits per heavy atom. The van der Waals surface area contributed by atoms with Crippen LogP contribution in [0, 0.1) is 6.92 Å². The molecule has 1 rings (SSSR count). The molecule has 0 aromatic carbocycles. The number of hydrogen-bond donors (Lipinski definition) is 1. The van der Waals surface area contributed by atoms with E-state index in [-0.39, 0.29) is 0 Å². The molecule has 0 amide bonds. The van der Waals surface area contributed by atoms with E-state index >= 15 is 0 Å². The molecular weight excluding hydrogens is 152 g/mol. The van der Waals surface area contributed by atoms with Gasteiger partial charge in [-0.2, -0.15) is 0 Å². The fourth-order valence-electron chi connectivity index (χ4n) is 0.933. The van der Waals surface area contributed by atoms with Gasteiger partial charge in [-0.25, -0.2) is 9.97 Å². The second kappa shape index (κ2) is 3.49. The van der Waals surface area contributed by atoms with Gasteiger partial charge in [-0.1, -0.05) is 0 Å². The summed E-state index contributed by atoms with van der Waals surface area (Å²) >= 11 is 0. The van der Waals surface area contributed by atoms with Gasteiger partial charge < -0.3 is 10.6 Å². The lowest BCUT2D eigenvalue weighted by Crippen LogP contribution is -2.14. The van der Waals surface area contributed by atoms with Crippen molar-refractivity contribution in [2.24, 2.45) is 5.73 Å². The molecule has 2 N–H and O–H groups in total. The molecule has 0 atom stereocenters. The van der Waals surface area contributed by atoms with Crippen LogP contribution in [0.2, 0.25) is 0 Å². The molecular formula is C8H14N4. The first-order valence-corrected chi connectivity index (χ1v) is 3.85. The van der Waals surface area contributed by atoms with Gasteiger partial charge in [0.15, 0.2) is 0 Å². The molecule has 66 valence electrons. The molecule has 0 saturated heterocycles. The Morgan fingerprint density at radius 3 is 2.58 bits per heavy atom. The van der Waals surface area contributed by atoms with Crippen LogP contribution in [0.1, 0.15) is 11.5 Å². The summed E-state index contributed by atoms with van der Waals surface area (Å²) in [6.45, 7) is 2.33. The molecule has 4 nitrogen and oxygen atoms in total. The van der Waals surface area contributed by atoms with Crippen LogP contribution in [-0.2, 0) is 6.54 Å². The fourth-order valence-corrected chi connectivity index (χ4v) is 0.933. The number of nitrogens with zero attached hydrogens (tertiary/aromatic N) is 3. The normalized spacial score (nSPS) is 10.0. The van der Waals surface area contributed by atoms with E-state index in [2.05, 4.69) is 9.97 Å². The highest BCUT2D eigenvalue weighted by atomic mass is 15.1. The van der Waals surface area contributed by atoms with E-state index in [0.717, 1.165) is 11.5 Å². The Morgan fingerprint density at radius 1 is 1.42 bits per heavy atom. The molecule has 0 radical (unpaired) electrons. The van der Waals surface area contributed by atoms with Crippen LogP contribution in [0.3, 0.4) is 0 Å². The first kappa shape index (κ1) is 8.93. The largest absolute Gasteiger partial charge is 0.363 e. The van der Waals surface area contributed by atoms with E-state index in [1.807, 2.05) is 32.0 Å². The van der Waals surface area contributed by atoms with E-state index in [1.54, 1.807) is 0 Å². The van der Waals surface area contributed by atoms with Crippen molar-refractivity contribution in [2.45, 2.75) is 13.5 Å². The molecule has 0 unspecified atom stereocenters. The highest BCUT2D eigenvalue weighted by molar-refractivity contribution is 5.37. The molecule has 0 saturated carbocycles. The lowest BCUT2D eigenvalue weighted by Gasteiger charge is -2.12. The zero-order valence-electron chi connectivity index (χ0n) is 7.70. The van der Waals surface area contributed by atoms with Crippen LogP contribution in [-0.4, -0.2) is 24.1 Å². The van der Waals surface area contributed by atoms with Crippen LogP contribution < -0.4 is 10.6 Å². The van der Waals surface area contributed by atoms with E-state index < -0.39 is 0 Å². The summed E-state index contributed by atoms with van der Waals surface area (Å²) in [5, 5.41) is 0. The second-order valence-electron chi connectivity index (χ2n) is 2.88. The summed E-state index contributed by atoms with van der Waals surface area (Å²) in [4.78, 5) is 10.4.